The summed E-state index contributed by atoms with van der Waals surface area (Å²) < 4.78 is 29.7. The molecule has 0 saturated carbocycles. The number of aliphatic hydroxyl groups is 1. The molecule has 0 amide bonds. The first kappa shape index (κ1) is 15.5. The molecule has 0 aliphatic heterocycles. The minimum atomic E-state index is -3.39. The van der Waals surface area contributed by atoms with Gasteiger partial charge in [0.2, 0.25) is 0 Å². The van der Waals surface area contributed by atoms with E-state index in [-0.39, 0.29) is 12.4 Å². The van der Waals surface area contributed by atoms with E-state index in [9.17, 15) is 8.42 Å². The lowest BCUT2D eigenvalue weighted by Crippen LogP contribution is -2.14. The Kier molecular flexibility index (Phi) is 4.64. The van der Waals surface area contributed by atoms with E-state index in [2.05, 4.69) is 5.10 Å². The zero-order valence-corrected chi connectivity index (χ0v) is 12.8. The quantitative estimate of drug-likeness (QED) is 0.869. The number of benzene rings is 1. The Bertz CT molecular complexity index is 722. The van der Waals surface area contributed by atoms with Gasteiger partial charge in [0.25, 0.3) is 10.0 Å². The van der Waals surface area contributed by atoms with Crippen LogP contribution in [-0.4, -0.2) is 42.2 Å². The van der Waals surface area contributed by atoms with E-state index >= 15 is 0 Å². The van der Waals surface area contributed by atoms with Crippen LogP contribution in [0.1, 0.15) is 12.5 Å². The summed E-state index contributed by atoms with van der Waals surface area (Å²) in [6, 6.07) is 5.46. The highest BCUT2D eigenvalue weighted by Crippen LogP contribution is 2.27. The van der Waals surface area contributed by atoms with Crippen molar-refractivity contribution in [2.75, 3.05) is 19.5 Å². The van der Waals surface area contributed by atoms with E-state index in [1.165, 1.54) is 12.4 Å². The molecule has 0 fully saturated rings. The maximum Gasteiger partial charge on any atom is 0.253 e. The van der Waals surface area contributed by atoms with Gasteiger partial charge in [0, 0.05) is 12.2 Å². The molecule has 114 valence electrons. The number of rotatable bonds is 6. The number of methoxy groups -OCH3 is 1. The van der Waals surface area contributed by atoms with Crippen molar-refractivity contribution < 1.29 is 18.3 Å². The van der Waals surface area contributed by atoms with E-state index in [0.29, 0.717) is 17.7 Å². The number of ether oxygens (including phenoxy) is 1. The molecule has 0 spiro atoms. The van der Waals surface area contributed by atoms with Gasteiger partial charge in [-0.3, -0.25) is 0 Å². The topological polar surface area (TPSA) is 81.4 Å². The number of aliphatic hydroxyl groups excluding tert-OH is 1. The van der Waals surface area contributed by atoms with Gasteiger partial charge in [-0.05, 0) is 36.6 Å². The fourth-order valence-electron chi connectivity index (χ4n) is 2.03. The first-order chi connectivity index (χ1) is 10.0. The summed E-state index contributed by atoms with van der Waals surface area (Å²) >= 11 is 0. The lowest BCUT2D eigenvalue weighted by atomic mass is 10.00. The van der Waals surface area contributed by atoms with Crippen molar-refractivity contribution in [3.05, 3.63) is 36.2 Å². The zero-order valence-electron chi connectivity index (χ0n) is 12.0. The molecule has 0 bridgehead atoms. The minimum absolute atomic E-state index is 0.00155. The molecule has 2 aromatic rings. The summed E-state index contributed by atoms with van der Waals surface area (Å²) in [6.45, 7) is 1.57. The molecule has 1 aromatic carbocycles. The SMILES string of the molecule is CCS(=O)(=O)n1cc(-c2ccc(OC)cc2CCO)cn1. The Balaban J connectivity index is 2.47. The van der Waals surface area contributed by atoms with Crippen LogP contribution in [0.4, 0.5) is 0 Å². The molecule has 7 heteroatoms. The number of aromatic nitrogens is 2. The second-order valence-electron chi connectivity index (χ2n) is 4.50. The van der Waals surface area contributed by atoms with Gasteiger partial charge in [-0.25, -0.2) is 8.42 Å². The molecule has 1 aromatic heterocycles. The van der Waals surface area contributed by atoms with Crippen molar-refractivity contribution in [3.63, 3.8) is 0 Å². The van der Waals surface area contributed by atoms with Crippen molar-refractivity contribution in [2.24, 2.45) is 0 Å². The average molecular weight is 310 g/mol. The van der Waals surface area contributed by atoms with Crippen LogP contribution < -0.4 is 4.74 Å². The van der Waals surface area contributed by atoms with Crippen molar-refractivity contribution in [1.82, 2.24) is 9.19 Å². The molecule has 0 atom stereocenters. The summed E-state index contributed by atoms with van der Waals surface area (Å²) in [5.74, 6) is 0.677. The Morgan fingerprint density at radius 1 is 1.38 bits per heavy atom. The Morgan fingerprint density at radius 3 is 2.76 bits per heavy atom. The zero-order chi connectivity index (χ0) is 15.5. The molecule has 1 heterocycles. The summed E-state index contributed by atoms with van der Waals surface area (Å²) in [7, 11) is -1.82. The molecule has 0 aliphatic rings. The van der Waals surface area contributed by atoms with Crippen molar-refractivity contribution in [3.8, 4) is 16.9 Å². The van der Waals surface area contributed by atoms with Gasteiger partial charge >= 0.3 is 0 Å². The Labute approximate surface area is 124 Å². The van der Waals surface area contributed by atoms with Crippen molar-refractivity contribution in [1.29, 1.82) is 0 Å². The van der Waals surface area contributed by atoms with Gasteiger partial charge in [0.1, 0.15) is 5.75 Å². The molecule has 0 saturated heterocycles. The summed E-state index contributed by atoms with van der Waals surface area (Å²) in [5.41, 5.74) is 2.41. The molecule has 6 nitrogen and oxygen atoms in total. The van der Waals surface area contributed by atoms with Crippen LogP contribution in [0.5, 0.6) is 5.75 Å². The van der Waals surface area contributed by atoms with Gasteiger partial charge in [-0.15, -0.1) is 0 Å². The highest BCUT2D eigenvalue weighted by atomic mass is 32.2. The molecule has 0 unspecified atom stereocenters. The summed E-state index contributed by atoms with van der Waals surface area (Å²) in [4.78, 5) is 0. The minimum Gasteiger partial charge on any atom is -0.497 e. The van der Waals surface area contributed by atoms with Gasteiger partial charge in [0.15, 0.2) is 0 Å². The predicted octanol–water partition coefficient (Wildman–Crippen LogP) is 1.29. The fourth-order valence-corrected chi connectivity index (χ4v) is 2.76. The van der Waals surface area contributed by atoms with E-state index in [0.717, 1.165) is 15.2 Å². The first-order valence-corrected chi connectivity index (χ1v) is 8.18. The molecule has 0 radical (unpaired) electrons. The first-order valence-electron chi connectivity index (χ1n) is 6.58. The average Bonchev–Trinajstić information content (AvgIpc) is 2.98. The fraction of sp³-hybridized carbons (Fsp3) is 0.357. The van der Waals surface area contributed by atoms with Crippen LogP contribution in [0.15, 0.2) is 30.6 Å². The van der Waals surface area contributed by atoms with Crippen molar-refractivity contribution >= 4 is 10.0 Å². The predicted molar refractivity (Wildman–Crippen MR) is 79.9 cm³/mol. The van der Waals surface area contributed by atoms with E-state index in [1.54, 1.807) is 20.1 Å². The molecule has 0 aliphatic carbocycles. The van der Waals surface area contributed by atoms with Gasteiger partial charge in [-0.1, -0.05) is 6.07 Å². The lowest BCUT2D eigenvalue weighted by Gasteiger charge is -2.09. The maximum absolute atomic E-state index is 11.8. The van der Waals surface area contributed by atoms with Crippen LogP contribution >= 0.6 is 0 Å². The highest BCUT2D eigenvalue weighted by molar-refractivity contribution is 7.89. The Morgan fingerprint density at radius 2 is 2.14 bits per heavy atom. The monoisotopic (exact) mass is 310 g/mol. The molecular formula is C14H18N2O4S. The number of hydrogen-bond acceptors (Lipinski definition) is 5. The third-order valence-electron chi connectivity index (χ3n) is 3.21. The maximum atomic E-state index is 11.8. The number of nitrogens with zero attached hydrogens (tertiary/aromatic N) is 2. The second kappa shape index (κ2) is 6.28. The third-order valence-corrected chi connectivity index (χ3v) is 4.71. The standard InChI is InChI=1S/C14H18N2O4S/c1-3-21(18,19)16-10-12(9-15-16)14-5-4-13(20-2)8-11(14)6-7-17/h4-5,8-10,17H,3,6-7H2,1-2H3. The molecular weight excluding hydrogens is 292 g/mol. The van der Waals surface area contributed by atoms with Crippen LogP contribution in [-0.2, 0) is 16.4 Å². The number of hydrogen-bond donors (Lipinski definition) is 1. The van der Waals surface area contributed by atoms with Crippen LogP contribution in [0, 0.1) is 0 Å². The lowest BCUT2D eigenvalue weighted by molar-refractivity contribution is 0.299. The molecule has 1 N–H and O–H groups in total. The smallest absolute Gasteiger partial charge is 0.253 e. The normalized spacial score (nSPS) is 11.6. The van der Waals surface area contributed by atoms with Crippen LogP contribution in [0.2, 0.25) is 0 Å². The largest absolute Gasteiger partial charge is 0.497 e. The Hall–Kier alpha value is -1.86. The summed E-state index contributed by atoms with van der Waals surface area (Å²) in [6.07, 6.45) is 3.45. The second-order valence-corrected chi connectivity index (χ2v) is 6.61. The third kappa shape index (κ3) is 3.25. The van der Waals surface area contributed by atoms with E-state index in [4.69, 9.17) is 9.84 Å². The van der Waals surface area contributed by atoms with Gasteiger partial charge < -0.3 is 9.84 Å². The molecule has 2 rings (SSSR count). The highest BCUT2D eigenvalue weighted by Gasteiger charge is 2.14. The van der Waals surface area contributed by atoms with Gasteiger partial charge in [0.05, 0.1) is 25.3 Å². The summed E-state index contributed by atoms with van der Waals surface area (Å²) in [5, 5.41) is 13.1. The van der Waals surface area contributed by atoms with Crippen LogP contribution in [0.25, 0.3) is 11.1 Å². The van der Waals surface area contributed by atoms with E-state index < -0.39 is 10.0 Å². The van der Waals surface area contributed by atoms with Crippen LogP contribution in [0.3, 0.4) is 0 Å². The van der Waals surface area contributed by atoms with E-state index in [1.807, 2.05) is 12.1 Å². The van der Waals surface area contributed by atoms with Gasteiger partial charge in [-0.2, -0.15) is 9.19 Å². The molecule has 21 heavy (non-hydrogen) atoms. The van der Waals surface area contributed by atoms with Crippen molar-refractivity contribution in [2.45, 2.75) is 13.3 Å².